The van der Waals surface area contributed by atoms with E-state index < -0.39 is 0 Å². The molecule has 0 fully saturated rings. The van der Waals surface area contributed by atoms with E-state index in [0.29, 0.717) is 30.3 Å². The Morgan fingerprint density at radius 3 is 2.52 bits per heavy atom. The van der Waals surface area contributed by atoms with Crippen LogP contribution in [0.2, 0.25) is 0 Å². The lowest BCUT2D eigenvalue weighted by Gasteiger charge is -2.15. The van der Waals surface area contributed by atoms with Crippen LogP contribution in [0.4, 0.5) is 5.69 Å². The molecule has 0 bridgehead atoms. The van der Waals surface area contributed by atoms with Crippen LogP contribution in [0.15, 0.2) is 30.3 Å². The van der Waals surface area contributed by atoms with Gasteiger partial charge in [-0.05, 0) is 73.5 Å². The summed E-state index contributed by atoms with van der Waals surface area (Å²) in [5.41, 5.74) is 3.57. The predicted molar refractivity (Wildman–Crippen MR) is 110 cm³/mol. The molecular weight excluding hydrogens is 429 g/mol. The Labute approximate surface area is 163 Å². The first kappa shape index (κ1) is 19.6. The average molecular weight is 453 g/mol. The van der Waals surface area contributed by atoms with Crippen molar-refractivity contribution in [3.05, 3.63) is 50.6 Å². The van der Waals surface area contributed by atoms with E-state index in [0.717, 1.165) is 21.2 Å². The Bertz CT molecular complexity index is 759. The van der Waals surface area contributed by atoms with E-state index in [4.69, 9.17) is 9.47 Å². The van der Waals surface area contributed by atoms with E-state index in [2.05, 4.69) is 34.8 Å². The number of anilines is 1. The zero-order valence-electron chi connectivity index (χ0n) is 15.1. The first-order valence-corrected chi connectivity index (χ1v) is 9.51. The van der Waals surface area contributed by atoms with Gasteiger partial charge in [-0.3, -0.25) is 4.79 Å². The minimum Gasteiger partial charge on any atom is -0.490 e. The molecule has 0 radical (unpaired) electrons. The molecule has 25 heavy (non-hydrogen) atoms. The van der Waals surface area contributed by atoms with Crippen LogP contribution in [-0.4, -0.2) is 19.1 Å². The SMILES string of the molecule is CCCOc1c(I)cc(C(=O)Nc2ccc(C)cc2C)cc1OCC. The van der Waals surface area contributed by atoms with Gasteiger partial charge in [0.15, 0.2) is 11.5 Å². The summed E-state index contributed by atoms with van der Waals surface area (Å²) in [6, 6.07) is 9.53. The van der Waals surface area contributed by atoms with Gasteiger partial charge in [-0.25, -0.2) is 0 Å². The Hall–Kier alpha value is -1.76. The van der Waals surface area contributed by atoms with Gasteiger partial charge < -0.3 is 14.8 Å². The van der Waals surface area contributed by atoms with Gasteiger partial charge in [0, 0.05) is 11.3 Å². The quantitative estimate of drug-likeness (QED) is 0.576. The highest BCUT2D eigenvalue weighted by Gasteiger charge is 2.16. The fourth-order valence-electron chi connectivity index (χ4n) is 2.45. The summed E-state index contributed by atoms with van der Waals surface area (Å²) in [7, 11) is 0. The smallest absolute Gasteiger partial charge is 0.255 e. The van der Waals surface area contributed by atoms with E-state index in [1.165, 1.54) is 5.56 Å². The van der Waals surface area contributed by atoms with Crippen molar-refractivity contribution in [2.45, 2.75) is 34.1 Å². The number of aryl methyl sites for hydroxylation is 2. The number of carbonyl (C=O) groups is 1. The zero-order valence-corrected chi connectivity index (χ0v) is 17.3. The fraction of sp³-hybridized carbons (Fsp3) is 0.350. The molecule has 0 aliphatic heterocycles. The van der Waals surface area contributed by atoms with Gasteiger partial charge in [-0.15, -0.1) is 0 Å². The number of ether oxygens (including phenoxy) is 2. The fourth-order valence-corrected chi connectivity index (χ4v) is 3.21. The zero-order chi connectivity index (χ0) is 18.4. The van der Waals surface area contributed by atoms with Gasteiger partial charge in [0.1, 0.15) is 0 Å². The number of hydrogen-bond acceptors (Lipinski definition) is 3. The maximum atomic E-state index is 12.7. The molecule has 4 nitrogen and oxygen atoms in total. The molecule has 2 aromatic rings. The van der Waals surface area contributed by atoms with Gasteiger partial charge in [0.25, 0.3) is 5.91 Å². The van der Waals surface area contributed by atoms with Crippen LogP contribution in [0.25, 0.3) is 0 Å². The molecule has 2 aromatic carbocycles. The van der Waals surface area contributed by atoms with Crippen molar-refractivity contribution in [3.63, 3.8) is 0 Å². The van der Waals surface area contributed by atoms with Gasteiger partial charge >= 0.3 is 0 Å². The van der Waals surface area contributed by atoms with Gasteiger partial charge in [0.05, 0.1) is 16.8 Å². The molecule has 0 aliphatic rings. The summed E-state index contributed by atoms with van der Waals surface area (Å²) in [5, 5.41) is 2.97. The van der Waals surface area contributed by atoms with Crippen molar-refractivity contribution in [1.29, 1.82) is 0 Å². The second-order valence-electron chi connectivity index (χ2n) is 5.84. The molecule has 0 saturated carbocycles. The normalized spacial score (nSPS) is 10.4. The van der Waals surface area contributed by atoms with Gasteiger partial charge in [-0.2, -0.15) is 0 Å². The first-order valence-electron chi connectivity index (χ1n) is 8.44. The lowest BCUT2D eigenvalue weighted by Crippen LogP contribution is -2.14. The first-order chi connectivity index (χ1) is 12.0. The molecule has 134 valence electrons. The number of benzene rings is 2. The van der Waals surface area contributed by atoms with Crippen molar-refractivity contribution in [2.24, 2.45) is 0 Å². The highest BCUT2D eigenvalue weighted by molar-refractivity contribution is 14.1. The van der Waals surface area contributed by atoms with Crippen molar-refractivity contribution >= 4 is 34.2 Å². The topological polar surface area (TPSA) is 47.6 Å². The van der Waals surface area contributed by atoms with Crippen LogP contribution in [0.5, 0.6) is 11.5 Å². The van der Waals surface area contributed by atoms with Gasteiger partial charge in [-0.1, -0.05) is 24.6 Å². The Morgan fingerprint density at radius 1 is 1.12 bits per heavy atom. The molecule has 5 heteroatoms. The average Bonchev–Trinajstić information content (AvgIpc) is 2.56. The maximum Gasteiger partial charge on any atom is 0.255 e. The van der Waals surface area contributed by atoms with Crippen molar-refractivity contribution in [3.8, 4) is 11.5 Å². The van der Waals surface area contributed by atoms with Crippen LogP contribution in [0, 0.1) is 17.4 Å². The number of rotatable bonds is 7. The van der Waals surface area contributed by atoms with Crippen LogP contribution >= 0.6 is 22.6 Å². The number of nitrogens with one attached hydrogen (secondary N) is 1. The van der Waals surface area contributed by atoms with E-state index >= 15 is 0 Å². The molecule has 0 unspecified atom stereocenters. The molecule has 0 saturated heterocycles. The second kappa shape index (κ2) is 9.08. The lowest BCUT2D eigenvalue weighted by molar-refractivity contribution is 0.102. The lowest BCUT2D eigenvalue weighted by atomic mass is 10.1. The minimum absolute atomic E-state index is 0.159. The minimum atomic E-state index is -0.159. The summed E-state index contributed by atoms with van der Waals surface area (Å²) in [6.45, 7) is 9.12. The Morgan fingerprint density at radius 2 is 1.88 bits per heavy atom. The molecule has 0 atom stereocenters. The molecule has 0 aliphatic carbocycles. The summed E-state index contributed by atoms with van der Waals surface area (Å²) in [6.07, 6.45) is 0.913. The molecule has 2 rings (SSSR count). The summed E-state index contributed by atoms with van der Waals surface area (Å²) < 4.78 is 12.3. The second-order valence-corrected chi connectivity index (χ2v) is 7.00. The standard InChI is InChI=1S/C20H24INO3/c1-5-9-25-19-16(21)11-15(12-18(19)24-6-2)20(23)22-17-8-7-13(3)10-14(17)4/h7-8,10-12H,5-6,9H2,1-4H3,(H,22,23). The largest absolute Gasteiger partial charge is 0.490 e. The van der Waals surface area contributed by atoms with E-state index in [9.17, 15) is 4.79 Å². The monoisotopic (exact) mass is 453 g/mol. The number of hydrogen-bond donors (Lipinski definition) is 1. The highest BCUT2D eigenvalue weighted by atomic mass is 127. The van der Waals surface area contributed by atoms with Crippen LogP contribution in [0.1, 0.15) is 41.8 Å². The van der Waals surface area contributed by atoms with Crippen molar-refractivity contribution < 1.29 is 14.3 Å². The summed E-state index contributed by atoms with van der Waals surface area (Å²) in [4.78, 5) is 12.7. The van der Waals surface area contributed by atoms with E-state index in [-0.39, 0.29) is 5.91 Å². The maximum absolute atomic E-state index is 12.7. The molecule has 0 aromatic heterocycles. The molecule has 1 N–H and O–H groups in total. The van der Waals surface area contributed by atoms with Crippen LogP contribution in [0.3, 0.4) is 0 Å². The number of carbonyl (C=O) groups excluding carboxylic acids is 1. The number of halogens is 1. The third kappa shape index (κ3) is 5.11. The summed E-state index contributed by atoms with van der Waals surface area (Å²) in [5.74, 6) is 1.15. The Balaban J connectivity index is 2.29. The van der Waals surface area contributed by atoms with Crippen LogP contribution < -0.4 is 14.8 Å². The van der Waals surface area contributed by atoms with E-state index in [1.807, 2.05) is 45.0 Å². The Kier molecular flexibility index (Phi) is 7.11. The van der Waals surface area contributed by atoms with Crippen LogP contribution in [-0.2, 0) is 0 Å². The molecule has 1 amide bonds. The van der Waals surface area contributed by atoms with Gasteiger partial charge in [0.2, 0.25) is 0 Å². The van der Waals surface area contributed by atoms with Crippen molar-refractivity contribution in [2.75, 3.05) is 18.5 Å². The van der Waals surface area contributed by atoms with Crippen molar-refractivity contribution in [1.82, 2.24) is 0 Å². The molecular formula is C20H24INO3. The highest BCUT2D eigenvalue weighted by Crippen LogP contribution is 2.34. The predicted octanol–water partition coefficient (Wildman–Crippen LogP) is 5.35. The number of amides is 1. The van der Waals surface area contributed by atoms with E-state index in [1.54, 1.807) is 6.07 Å². The molecule has 0 spiro atoms. The third-order valence-corrected chi connectivity index (χ3v) is 4.45. The molecule has 0 heterocycles. The summed E-state index contributed by atoms with van der Waals surface area (Å²) >= 11 is 2.18. The third-order valence-electron chi connectivity index (χ3n) is 3.65.